The minimum absolute atomic E-state index is 0.0777. The maximum atomic E-state index is 13.3. The Labute approximate surface area is 152 Å². The highest BCUT2D eigenvalue weighted by Gasteiger charge is 3.07. The Morgan fingerprint density at radius 1 is 0.741 bits per heavy atom. The largest absolute Gasteiger partial charge is 0.352 e. The van der Waals surface area contributed by atoms with Crippen molar-refractivity contribution in [1.29, 1.82) is 0 Å². The Bertz CT molecular complexity index is 1190. The maximum Gasteiger partial charge on any atom is 0.352 e. The van der Waals surface area contributed by atoms with Crippen molar-refractivity contribution in [2.75, 3.05) is 0 Å². The zero-order valence-electron chi connectivity index (χ0n) is 14.2. The standard InChI is InChI=1S/C20H15N3O4/c24-9-6-7-10(25)20-14-11-12-13(11)16(20)23-18(27)21(8-4-2-1-3-5-8)17(26)22(23)15(12)19(9,14)20/h1-5,11-16H,6-7H2/t11?,12-,13-,14?,15-,16+,19+,20+/m0/s1. The molecule has 2 aliphatic heterocycles. The fourth-order valence-corrected chi connectivity index (χ4v) is 8.56. The number of carbonyl (C=O) groups excluding carboxylic acids is 2. The summed E-state index contributed by atoms with van der Waals surface area (Å²) in [6, 6.07) is 8.30. The number of nitrogens with zero attached hydrogens (tertiary/aromatic N) is 3. The number of hydrogen-bond donors (Lipinski definition) is 0. The lowest BCUT2D eigenvalue weighted by Crippen LogP contribution is -2.58. The summed E-state index contributed by atoms with van der Waals surface area (Å²) in [5.74, 6) is 1.33. The van der Waals surface area contributed by atoms with Crippen LogP contribution < -0.4 is 11.4 Å². The second kappa shape index (κ2) is 3.41. The van der Waals surface area contributed by atoms with Crippen LogP contribution in [0, 0.1) is 34.5 Å². The summed E-state index contributed by atoms with van der Waals surface area (Å²) in [7, 11) is 0. The second-order valence-electron chi connectivity index (χ2n) is 9.11. The van der Waals surface area contributed by atoms with Crippen LogP contribution in [-0.2, 0) is 9.59 Å². The third kappa shape index (κ3) is 0.918. The van der Waals surface area contributed by atoms with Crippen molar-refractivity contribution in [2.45, 2.75) is 24.9 Å². The third-order valence-electron chi connectivity index (χ3n) is 8.87. The van der Waals surface area contributed by atoms with Crippen molar-refractivity contribution in [2.24, 2.45) is 34.5 Å². The van der Waals surface area contributed by atoms with E-state index in [-0.39, 0.29) is 40.9 Å². The summed E-state index contributed by atoms with van der Waals surface area (Å²) < 4.78 is 4.35. The number of para-hydroxylation sites is 1. The van der Waals surface area contributed by atoms with Crippen LogP contribution in [0.25, 0.3) is 5.69 Å². The summed E-state index contributed by atoms with van der Waals surface area (Å²) in [5.41, 5.74) is -1.57. The maximum absolute atomic E-state index is 13.3. The van der Waals surface area contributed by atoms with E-state index in [1.54, 1.807) is 33.6 Å². The predicted octanol–water partition coefficient (Wildman–Crippen LogP) is 0.320. The highest BCUT2D eigenvalue weighted by Crippen LogP contribution is 3.03. The SMILES string of the molecule is O=C1CCC(=O)[C@@]23C4C5[C@H]6[C@H]5[C@H]2n2c(=O)n(-c5ccccc5)c(=O)n2[C@@H]6[C@@]143. The molecular weight excluding hydrogens is 346 g/mol. The first-order valence-electron chi connectivity index (χ1n) is 9.67. The third-order valence-corrected chi connectivity index (χ3v) is 8.87. The van der Waals surface area contributed by atoms with Crippen LogP contribution in [0.2, 0.25) is 0 Å². The minimum Gasteiger partial charge on any atom is -0.299 e. The van der Waals surface area contributed by atoms with E-state index >= 15 is 0 Å². The van der Waals surface area contributed by atoms with Gasteiger partial charge in [-0.05, 0) is 35.8 Å². The molecule has 1 aromatic heterocycles. The number of benzene rings is 1. The van der Waals surface area contributed by atoms with Crippen molar-refractivity contribution in [1.82, 2.24) is 13.9 Å². The van der Waals surface area contributed by atoms with Crippen LogP contribution >= 0.6 is 0 Å². The van der Waals surface area contributed by atoms with E-state index in [2.05, 4.69) is 0 Å². The van der Waals surface area contributed by atoms with Gasteiger partial charge >= 0.3 is 11.4 Å². The van der Waals surface area contributed by atoms with E-state index in [1.165, 1.54) is 4.57 Å². The molecule has 7 aliphatic rings. The molecule has 27 heavy (non-hydrogen) atoms. The molecule has 134 valence electrons. The summed E-state index contributed by atoms with van der Waals surface area (Å²) in [4.78, 5) is 52.8. The lowest BCUT2D eigenvalue weighted by Gasteiger charge is -2.48. The van der Waals surface area contributed by atoms with Gasteiger partial charge in [0.1, 0.15) is 11.6 Å². The van der Waals surface area contributed by atoms with E-state index in [4.69, 9.17) is 0 Å². The molecular formula is C20H15N3O4. The van der Waals surface area contributed by atoms with Crippen LogP contribution in [0.4, 0.5) is 0 Å². The van der Waals surface area contributed by atoms with E-state index in [0.717, 1.165) is 0 Å². The number of rotatable bonds is 1. The molecule has 0 N–H and O–H groups in total. The molecule has 3 heterocycles. The van der Waals surface area contributed by atoms with Crippen LogP contribution in [-0.4, -0.2) is 25.5 Å². The Balaban J connectivity index is 1.50. The molecule has 0 radical (unpaired) electrons. The molecule has 5 fully saturated rings. The Kier molecular flexibility index (Phi) is 1.70. The normalized spacial score (nSPS) is 48.4. The highest BCUT2D eigenvalue weighted by molar-refractivity contribution is 6.10. The number of ketones is 2. The molecule has 7 nitrogen and oxygen atoms in total. The molecule has 2 bridgehead atoms. The predicted molar refractivity (Wildman–Crippen MR) is 90.4 cm³/mol. The van der Waals surface area contributed by atoms with Crippen LogP contribution in [0.1, 0.15) is 24.9 Å². The summed E-state index contributed by atoms with van der Waals surface area (Å²) >= 11 is 0. The number of hydrogen-bond acceptors (Lipinski definition) is 4. The van der Waals surface area contributed by atoms with Crippen LogP contribution in [0.3, 0.4) is 0 Å². The van der Waals surface area contributed by atoms with Crippen LogP contribution in [0.5, 0.6) is 0 Å². The number of Topliss-reactive ketones (excluding diaryl/α,β-unsaturated/α-hetero) is 2. The Hall–Kier alpha value is -2.70. The first kappa shape index (κ1) is 13.5. The van der Waals surface area contributed by atoms with Crippen molar-refractivity contribution in [3.63, 3.8) is 0 Å². The topological polar surface area (TPSA) is 83.1 Å². The van der Waals surface area contributed by atoms with Gasteiger partial charge in [-0.1, -0.05) is 18.2 Å². The highest BCUT2D eigenvalue weighted by atomic mass is 16.2. The molecule has 8 atom stereocenters. The first-order valence-corrected chi connectivity index (χ1v) is 9.67. The molecule has 2 unspecified atom stereocenters. The average Bonchev–Trinajstić information content (AvgIpc) is 3.45. The van der Waals surface area contributed by atoms with Crippen LogP contribution in [0.15, 0.2) is 39.9 Å². The lowest BCUT2D eigenvalue weighted by molar-refractivity contribution is -0.149. The van der Waals surface area contributed by atoms with Crippen molar-refractivity contribution in [3.05, 3.63) is 51.3 Å². The van der Waals surface area contributed by atoms with Gasteiger partial charge in [0.05, 0.1) is 28.6 Å². The van der Waals surface area contributed by atoms with Gasteiger partial charge in [0, 0.05) is 12.8 Å². The molecule has 0 amide bonds. The van der Waals surface area contributed by atoms with Gasteiger partial charge in [0.2, 0.25) is 0 Å². The summed E-state index contributed by atoms with van der Waals surface area (Å²) in [6.07, 6.45) is 0.589. The zero-order chi connectivity index (χ0) is 18.0. The molecule has 7 heteroatoms. The van der Waals surface area contributed by atoms with Gasteiger partial charge in [0.25, 0.3) is 0 Å². The summed E-state index contributed by atoms with van der Waals surface area (Å²) in [6.45, 7) is 0. The molecule has 1 aromatic carbocycles. The molecule has 5 saturated carbocycles. The quantitative estimate of drug-likeness (QED) is 0.732. The molecule has 5 aliphatic carbocycles. The Morgan fingerprint density at radius 2 is 1.26 bits per heavy atom. The number of aromatic nitrogens is 3. The fraction of sp³-hybridized carbons (Fsp3) is 0.500. The van der Waals surface area contributed by atoms with Crippen molar-refractivity contribution >= 4 is 11.6 Å². The number of carbonyl (C=O) groups is 2. The van der Waals surface area contributed by atoms with Gasteiger partial charge in [-0.3, -0.25) is 9.59 Å². The van der Waals surface area contributed by atoms with E-state index in [1.807, 2.05) is 6.07 Å². The smallest absolute Gasteiger partial charge is 0.299 e. The minimum atomic E-state index is -0.684. The Morgan fingerprint density at radius 3 is 1.78 bits per heavy atom. The lowest BCUT2D eigenvalue weighted by atomic mass is 9.63. The second-order valence-corrected chi connectivity index (χ2v) is 9.11. The molecule has 2 aromatic rings. The first-order chi connectivity index (χ1) is 13.1. The van der Waals surface area contributed by atoms with E-state index < -0.39 is 10.8 Å². The van der Waals surface area contributed by atoms with Crippen molar-refractivity contribution < 1.29 is 9.59 Å². The van der Waals surface area contributed by atoms with Gasteiger partial charge in [-0.15, -0.1) is 0 Å². The van der Waals surface area contributed by atoms with E-state index in [9.17, 15) is 19.2 Å². The van der Waals surface area contributed by atoms with Gasteiger partial charge in [-0.25, -0.2) is 23.5 Å². The zero-order valence-corrected chi connectivity index (χ0v) is 14.2. The van der Waals surface area contributed by atoms with Gasteiger partial charge < -0.3 is 0 Å². The van der Waals surface area contributed by atoms with Gasteiger partial charge in [0.15, 0.2) is 0 Å². The molecule has 2 spiro atoms. The fourth-order valence-electron chi connectivity index (χ4n) is 8.56. The molecule has 9 rings (SSSR count). The molecule has 0 saturated heterocycles. The monoisotopic (exact) mass is 361 g/mol. The summed E-state index contributed by atoms with van der Waals surface area (Å²) in [5, 5.41) is 0. The van der Waals surface area contributed by atoms with Gasteiger partial charge in [-0.2, -0.15) is 0 Å². The van der Waals surface area contributed by atoms with E-state index in [0.29, 0.717) is 36.3 Å². The average molecular weight is 361 g/mol. The van der Waals surface area contributed by atoms with Crippen molar-refractivity contribution in [3.8, 4) is 5.69 Å².